The summed E-state index contributed by atoms with van der Waals surface area (Å²) < 4.78 is 5.63. The highest BCUT2D eigenvalue weighted by Crippen LogP contribution is 2.47. The quantitative estimate of drug-likeness (QED) is 0.744. The standard InChI is InChI=1S/C14H10N2O/c1-2-5-11-9(4-1)10-8-17-12-6-3-7-15-14(12)13(10)16-11/h1-8,13,16H. The maximum absolute atomic E-state index is 5.63. The number of anilines is 1. The molecule has 17 heavy (non-hydrogen) atoms. The van der Waals surface area contributed by atoms with E-state index in [1.165, 1.54) is 5.56 Å². The second-order valence-electron chi connectivity index (χ2n) is 4.20. The van der Waals surface area contributed by atoms with Crippen LogP contribution in [0, 0.1) is 0 Å². The molecule has 0 saturated carbocycles. The minimum Gasteiger partial charge on any atom is -0.463 e. The summed E-state index contributed by atoms with van der Waals surface area (Å²) in [5.41, 5.74) is 4.47. The van der Waals surface area contributed by atoms with Gasteiger partial charge in [-0.3, -0.25) is 4.98 Å². The molecule has 3 heteroatoms. The zero-order valence-electron chi connectivity index (χ0n) is 9.05. The summed E-state index contributed by atoms with van der Waals surface area (Å²) in [5, 5.41) is 3.48. The van der Waals surface area contributed by atoms with Crippen molar-refractivity contribution in [1.29, 1.82) is 0 Å². The van der Waals surface area contributed by atoms with Crippen LogP contribution in [0.3, 0.4) is 0 Å². The van der Waals surface area contributed by atoms with Crippen LogP contribution >= 0.6 is 0 Å². The van der Waals surface area contributed by atoms with Gasteiger partial charge in [-0.15, -0.1) is 0 Å². The molecule has 0 bridgehead atoms. The summed E-state index contributed by atoms with van der Waals surface area (Å²) in [6, 6.07) is 12.2. The fourth-order valence-electron chi connectivity index (χ4n) is 2.44. The van der Waals surface area contributed by atoms with Crippen molar-refractivity contribution < 1.29 is 4.74 Å². The third-order valence-electron chi connectivity index (χ3n) is 3.23. The van der Waals surface area contributed by atoms with Crippen molar-refractivity contribution in [1.82, 2.24) is 4.98 Å². The fourth-order valence-corrected chi connectivity index (χ4v) is 2.44. The normalized spacial score (nSPS) is 19.3. The minimum atomic E-state index is 0.123. The number of hydrogen-bond donors (Lipinski definition) is 1. The molecule has 2 aliphatic rings. The minimum absolute atomic E-state index is 0.123. The first-order valence-corrected chi connectivity index (χ1v) is 5.61. The van der Waals surface area contributed by atoms with Gasteiger partial charge in [-0.2, -0.15) is 0 Å². The van der Waals surface area contributed by atoms with E-state index in [1.54, 1.807) is 6.20 Å². The van der Waals surface area contributed by atoms with Gasteiger partial charge in [0.05, 0.1) is 6.26 Å². The molecule has 0 radical (unpaired) electrons. The Morgan fingerprint density at radius 3 is 3.06 bits per heavy atom. The van der Waals surface area contributed by atoms with Crippen molar-refractivity contribution in [2.45, 2.75) is 6.04 Å². The van der Waals surface area contributed by atoms with Crippen LogP contribution in [0.5, 0.6) is 5.75 Å². The first-order valence-electron chi connectivity index (χ1n) is 5.61. The van der Waals surface area contributed by atoms with Crippen LogP contribution < -0.4 is 10.1 Å². The van der Waals surface area contributed by atoms with Crippen molar-refractivity contribution in [3.8, 4) is 5.75 Å². The zero-order valence-corrected chi connectivity index (χ0v) is 9.05. The zero-order chi connectivity index (χ0) is 11.2. The lowest BCUT2D eigenvalue weighted by atomic mass is 9.99. The number of nitrogens with zero attached hydrogens (tertiary/aromatic N) is 1. The summed E-state index contributed by atoms with van der Waals surface area (Å²) >= 11 is 0. The van der Waals surface area contributed by atoms with E-state index in [0.717, 1.165) is 22.7 Å². The smallest absolute Gasteiger partial charge is 0.150 e. The van der Waals surface area contributed by atoms with Crippen molar-refractivity contribution in [3.05, 3.63) is 60.1 Å². The summed E-state index contributed by atoms with van der Waals surface area (Å²) in [7, 11) is 0. The molecular weight excluding hydrogens is 212 g/mol. The van der Waals surface area contributed by atoms with Crippen LogP contribution in [0.25, 0.3) is 5.57 Å². The molecule has 2 aliphatic heterocycles. The molecule has 0 spiro atoms. The molecule has 3 nitrogen and oxygen atoms in total. The number of aromatic nitrogens is 1. The molecule has 0 amide bonds. The van der Waals surface area contributed by atoms with Crippen molar-refractivity contribution in [2.75, 3.05) is 5.32 Å². The first kappa shape index (κ1) is 8.82. The molecule has 3 heterocycles. The molecule has 1 unspecified atom stereocenters. The molecule has 82 valence electrons. The highest BCUT2D eigenvalue weighted by molar-refractivity contribution is 5.88. The summed E-state index contributed by atoms with van der Waals surface area (Å²) in [4.78, 5) is 4.42. The Morgan fingerprint density at radius 1 is 1.12 bits per heavy atom. The van der Waals surface area contributed by atoms with Crippen LogP contribution in [0.15, 0.2) is 48.9 Å². The number of pyridine rings is 1. The molecule has 1 aromatic heterocycles. The number of hydrogen-bond acceptors (Lipinski definition) is 3. The maximum atomic E-state index is 5.63. The highest BCUT2D eigenvalue weighted by Gasteiger charge is 2.33. The number of rotatable bonds is 0. The van der Waals surface area contributed by atoms with Gasteiger partial charge in [0.2, 0.25) is 0 Å². The largest absolute Gasteiger partial charge is 0.463 e. The summed E-state index contributed by atoms with van der Waals surface area (Å²) in [6.07, 6.45) is 3.63. The van der Waals surface area contributed by atoms with Crippen LogP contribution in [-0.2, 0) is 0 Å². The SMILES string of the molecule is C1=C2c3ccccc3NC2c2ncccc2O1. The van der Waals surface area contributed by atoms with Gasteiger partial charge in [0.15, 0.2) is 5.75 Å². The van der Waals surface area contributed by atoms with Crippen LogP contribution in [0.4, 0.5) is 5.69 Å². The van der Waals surface area contributed by atoms with Gasteiger partial charge in [0.25, 0.3) is 0 Å². The van der Waals surface area contributed by atoms with Crippen molar-refractivity contribution >= 4 is 11.3 Å². The Hall–Kier alpha value is -2.29. The van der Waals surface area contributed by atoms with E-state index in [4.69, 9.17) is 4.74 Å². The van der Waals surface area contributed by atoms with Crippen LogP contribution in [0.2, 0.25) is 0 Å². The number of nitrogens with one attached hydrogen (secondary N) is 1. The van der Waals surface area contributed by atoms with E-state index in [2.05, 4.69) is 22.4 Å². The van der Waals surface area contributed by atoms with Gasteiger partial charge in [-0.1, -0.05) is 18.2 Å². The summed E-state index contributed by atoms with van der Waals surface area (Å²) in [6.45, 7) is 0. The lowest BCUT2D eigenvalue weighted by Gasteiger charge is -2.20. The Labute approximate surface area is 98.8 Å². The Bertz CT molecular complexity index is 634. The van der Waals surface area contributed by atoms with Gasteiger partial charge in [-0.25, -0.2) is 0 Å². The second kappa shape index (κ2) is 3.10. The molecule has 4 rings (SSSR count). The lowest BCUT2D eigenvalue weighted by Crippen LogP contribution is -2.12. The van der Waals surface area contributed by atoms with E-state index in [0.29, 0.717) is 0 Å². The molecule has 0 saturated heterocycles. The molecule has 2 aromatic rings. The molecule has 0 fully saturated rings. The predicted octanol–water partition coefficient (Wildman–Crippen LogP) is 2.98. The van der Waals surface area contributed by atoms with E-state index in [-0.39, 0.29) is 6.04 Å². The van der Waals surface area contributed by atoms with Crippen molar-refractivity contribution in [2.24, 2.45) is 0 Å². The average Bonchev–Trinajstić information content (AvgIpc) is 2.78. The number of benzene rings is 1. The number of ether oxygens (including phenoxy) is 1. The molecule has 1 atom stereocenters. The second-order valence-corrected chi connectivity index (χ2v) is 4.20. The fraction of sp³-hybridized carbons (Fsp3) is 0.0714. The molecule has 1 aromatic carbocycles. The van der Waals surface area contributed by atoms with Crippen LogP contribution in [-0.4, -0.2) is 4.98 Å². The summed E-state index contributed by atoms with van der Waals surface area (Å²) in [5.74, 6) is 0.835. The van der Waals surface area contributed by atoms with Crippen LogP contribution in [0.1, 0.15) is 17.3 Å². The monoisotopic (exact) mass is 222 g/mol. The maximum Gasteiger partial charge on any atom is 0.150 e. The predicted molar refractivity (Wildman–Crippen MR) is 65.6 cm³/mol. The van der Waals surface area contributed by atoms with E-state index in [9.17, 15) is 0 Å². The number of fused-ring (bicyclic) bond motifs is 5. The van der Waals surface area contributed by atoms with Gasteiger partial charge >= 0.3 is 0 Å². The highest BCUT2D eigenvalue weighted by atomic mass is 16.5. The Kier molecular flexibility index (Phi) is 1.61. The third kappa shape index (κ3) is 1.13. The number of para-hydroxylation sites is 1. The third-order valence-corrected chi connectivity index (χ3v) is 3.23. The van der Waals surface area contributed by atoms with Gasteiger partial charge in [0.1, 0.15) is 11.7 Å². The van der Waals surface area contributed by atoms with E-state index >= 15 is 0 Å². The Morgan fingerprint density at radius 2 is 2.06 bits per heavy atom. The van der Waals surface area contributed by atoms with Gasteiger partial charge in [-0.05, 0) is 18.2 Å². The molecule has 0 aliphatic carbocycles. The molecule has 1 N–H and O–H groups in total. The van der Waals surface area contributed by atoms with Gasteiger partial charge < -0.3 is 10.1 Å². The first-order chi connectivity index (χ1) is 8.43. The molecular formula is C14H10N2O. The lowest BCUT2D eigenvalue weighted by molar-refractivity contribution is 0.459. The van der Waals surface area contributed by atoms with E-state index < -0.39 is 0 Å². The van der Waals surface area contributed by atoms with Gasteiger partial charge in [0, 0.05) is 23.0 Å². The van der Waals surface area contributed by atoms with Crippen molar-refractivity contribution in [3.63, 3.8) is 0 Å². The average molecular weight is 222 g/mol. The topological polar surface area (TPSA) is 34.2 Å². The van der Waals surface area contributed by atoms with E-state index in [1.807, 2.05) is 30.5 Å². The Balaban J connectivity index is 1.91.